The number of rotatable bonds is 3. The predicted molar refractivity (Wildman–Crippen MR) is 86.9 cm³/mol. The summed E-state index contributed by atoms with van der Waals surface area (Å²) < 4.78 is 2.31. The van der Waals surface area contributed by atoms with Gasteiger partial charge in [0.05, 0.1) is 8.07 Å². The van der Waals surface area contributed by atoms with E-state index in [1.54, 1.807) is 5.19 Å². The molecule has 0 saturated heterocycles. The van der Waals surface area contributed by atoms with Gasteiger partial charge in [0.1, 0.15) is 8.07 Å². The summed E-state index contributed by atoms with van der Waals surface area (Å²) >= 11 is 0. The maximum Gasteiger partial charge on any atom is 0.175 e. The van der Waals surface area contributed by atoms with E-state index in [4.69, 9.17) is 5.10 Å². The van der Waals surface area contributed by atoms with Gasteiger partial charge in [-0.1, -0.05) is 39.3 Å². The van der Waals surface area contributed by atoms with E-state index in [1.165, 1.54) is 5.32 Å². The smallest absolute Gasteiger partial charge is 0.175 e. The molecule has 2 nitrogen and oxygen atoms in total. The molecule has 0 radical (unpaired) electrons. The monoisotopic (exact) mass is 284 g/mol. The van der Waals surface area contributed by atoms with Gasteiger partial charge in [0, 0.05) is 11.5 Å². The highest BCUT2D eigenvalue weighted by molar-refractivity contribution is 6.98. The molecule has 0 amide bonds. The van der Waals surface area contributed by atoms with E-state index in [1.807, 2.05) is 0 Å². The molecule has 1 rings (SSSR count). The van der Waals surface area contributed by atoms with Crippen LogP contribution >= 0.6 is 0 Å². The van der Waals surface area contributed by atoms with Crippen LogP contribution in [0.4, 0.5) is 0 Å². The van der Waals surface area contributed by atoms with Crippen molar-refractivity contribution in [3.63, 3.8) is 0 Å². The molecule has 1 aromatic heterocycles. The van der Waals surface area contributed by atoms with Gasteiger partial charge in [-0.3, -0.25) is 0 Å². The van der Waals surface area contributed by atoms with E-state index in [0.717, 1.165) is 0 Å². The average Bonchev–Trinajstić information content (AvgIpc) is 2.42. The minimum Gasteiger partial charge on any atom is -0.302 e. The van der Waals surface area contributed by atoms with E-state index in [2.05, 4.69) is 69.5 Å². The van der Waals surface area contributed by atoms with Gasteiger partial charge >= 0.3 is 0 Å². The van der Waals surface area contributed by atoms with Gasteiger partial charge in [0.25, 0.3) is 0 Å². The molecular weight excluding hydrogens is 256 g/mol. The second kappa shape index (κ2) is 4.21. The fourth-order valence-corrected chi connectivity index (χ4v) is 7.77. The maximum atomic E-state index is 4.99. The second-order valence-electron chi connectivity index (χ2n) is 8.01. The Morgan fingerprint density at radius 3 is 1.53 bits per heavy atom. The van der Waals surface area contributed by atoms with Gasteiger partial charge in [-0.15, -0.1) is 0 Å². The molecule has 0 atom stereocenters. The van der Waals surface area contributed by atoms with Crippen molar-refractivity contribution in [2.24, 2.45) is 0 Å². The average molecular weight is 285 g/mol. The molecule has 0 aliphatic carbocycles. The van der Waals surface area contributed by atoms with Gasteiger partial charge in [0.15, 0.2) is 8.24 Å². The lowest BCUT2D eigenvalue weighted by Gasteiger charge is -2.22. The van der Waals surface area contributed by atoms with Crippen molar-refractivity contribution in [3.8, 4) is 0 Å². The van der Waals surface area contributed by atoms with E-state index in [9.17, 15) is 0 Å². The Kier molecular flexibility index (Phi) is 3.69. The highest BCUT2D eigenvalue weighted by Gasteiger charge is 2.33. The van der Waals surface area contributed by atoms with Gasteiger partial charge in [-0.2, -0.15) is 5.10 Å². The number of hydrogen-bond acceptors (Lipinski definition) is 1. The standard InChI is InChI=1S/C12H28N2Si3/c1-15(2,3)11-10-14(17(7,8)9)13-12(11)16(4,5)6/h10H,1-9H3. The Bertz CT molecular complexity index is 371. The Labute approximate surface area is 110 Å². The zero-order valence-electron chi connectivity index (χ0n) is 13.0. The molecule has 1 heterocycles. The molecule has 17 heavy (non-hydrogen) atoms. The highest BCUT2D eigenvalue weighted by atomic mass is 28.3. The van der Waals surface area contributed by atoms with Crippen LogP contribution in [-0.4, -0.2) is 33.8 Å². The van der Waals surface area contributed by atoms with Crippen LogP contribution < -0.4 is 10.5 Å². The third-order valence-corrected chi connectivity index (χ3v) is 8.55. The van der Waals surface area contributed by atoms with Crippen LogP contribution in [0.5, 0.6) is 0 Å². The van der Waals surface area contributed by atoms with Crippen LogP contribution in [0, 0.1) is 0 Å². The van der Waals surface area contributed by atoms with Crippen molar-refractivity contribution < 1.29 is 0 Å². The van der Waals surface area contributed by atoms with Crippen molar-refractivity contribution in [2.75, 3.05) is 0 Å². The summed E-state index contributed by atoms with van der Waals surface area (Å²) in [5.41, 5.74) is 0. The molecule has 0 aromatic carbocycles. The summed E-state index contributed by atoms with van der Waals surface area (Å²) in [5.74, 6) is 0. The minimum absolute atomic E-state index is 1.27. The lowest BCUT2D eigenvalue weighted by molar-refractivity contribution is 0.945. The molecule has 0 aliphatic rings. The summed E-state index contributed by atoms with van der Waals surface area (Å²) in [6.45, 7) is 21.6. The molecule has 0 fully saturated rings. The lowest BCUT2D eigenvalue weighted by Crippen LogP contribution is -2.55. The predicted octanol–water partition coefficient (Wildman–Crippen LogP) is 2.66. The minimum atomic E-state index is -1.35. The van der Waals surface area contributed by atoms with Crippen LogP contribution in [0.25, 0.3) is 0 Å². The summed E-state index contributed by atoms with van der Waals surface area (Å²) in [4.78, 5) is 0. The number of nitrogens with zero attached hydrogens (tertiary/aromatic N) is 2. The first kappa shape index (κ1) is 14.9. The van der Waals surface area contributed by atoms with Crippen LogP contribution in [0.3, 0.4) is 0 Å². The zero-order valence-corrected chi connectivity index (χ0v) is 16.0. The van der Waals surface area contributed by atoms with Crippen molar-refractivity contribution in [1.82, 2.24) is 9.45 Å². The first-order valence-corrected chi connectivity index (χ1v) is 16.9. The molecule has 0 N–H and O–H groups in total. The normalized spacial score (nSPS) is 14.2. The third kappa shape index (κ3) is 3.42. The highest BCUT2D eigenvalue weighted by Crippen LogP contribution is 2.09. The van der Waals surface area contributed by atoms with Crippen molar-refractivity contribution >= 4 is 34.9 Å². The second-order valence-corrected chi connectivity index (χ2v) is 22.8. The van der Waals surface area contributed by atoms with Crippen LogP contribution in [0.2, 0.25) is 58.9 Å². The fourth-order valence-electron chi connectivity index (χ4n) is 1.82. The maximum absolute atomic E-state index is 4.99. The summed E-state index contributed by atoms with van der Waals surface area (Å²) in [5, 5.41) is 8.05. The Balaban J connectivity index is 3.44. The van der Waals surface area contributed by atoms with Gasteiger partial charge < -0.3 is 4.35 Å². The molecule has 98 valence electrons. The lowest BCUT2D eigenvalue weighted by atomic mass is 10.7. The van der Waals surface area contributed by atoms with E-state index < -0.39 is 24.4 Å². The molecule has 5 heteroatoms. The number of hydrogen-bond donors (Lipinski definition) is 0. The quantitative estimate of drug-likeness (QED) is 0.780. The first-order valence-electron chi connectivity index (χ1n) is 6.44. The molecule has 0 saturated carbocycles. The summed E-state index contributed by atoms with van der Waals surface area (Å²) in [7, 11) is -3.94. The Morgan fingerprint density at radius 2 is 1.29 bits per heavy atom. The Hall–Kier alpha value is -0.139. The van der Waals surface area contributed by atoms with Crippen molar-refractivity contribution in [2.45, 2.75) is 58.9 Å². The largest absolute Gasteiger partial charge is 0.302 e. The van der Waals surface area contributed by atoms with E-state index in [0.29, 0.717) is 0 Å². The third-order valence-electron chi connectivity index (χ3n) is 2.92. The van der Waals surface area contributed by atoms with Gasteiger partial charge in [0.2, 0.25) is 0 Å². The zero-order chi connectivity index (χ0) is 13.6. The molecule has 0 unspecified atom stereocenters. The van der Waals surface area contributed by atoms with Gasteiger partial charge in [-0.25, -0.2) is 0 Å². The van der Waals surface area contributed by atoms with E-state index in [-0.39, 0.29) is 0 Å². The van der Waals surface area contributed by atoms with Gasteiger partial charge in [-0.05, 0) is 24.8 Å². The molecular formula is C12H28N2Si3. The Morgan fingerprint density at radius 1 is 0.824 bits per heavy atom. The fraction of sp³-hybridized carbons (Fsp3) is 0.750. The van der Waals surface area contributed by atoms with E-state index >= 15 is 0 Å². The molecule has 0 aliphatic heterocycles. The molecule has 1 aromatic rings. The SMILES string of the molecule is C[Si](C)(C)c1cn([Si](C)(C)C)nc1[Si](C)(C)C. The topological polar surface area (TPSA) is 17.8 Å². The van der Waals surface area contributed by atoms with Crippen LogP contribution in [0.1, 0.15) is 0 Å². The first-order chi connectivity index (χ1) is 7.33. The molecule has 0 spiro atoms. The van der Waals surface area contributed by atoms with Crippen LogP contribution in [0.15, 0.2) is 6.20 Å². The summed E-state index contributed by atoms with van der Waals surface area (Å²) in [6, 6.07) is 0. The molecule has 0 bridgehead atoms. The van der Waals surface area contributed by atoms with Crippen molar-refractivity contribution in [1.29, 1.82) is 0 Å². The summed E-state index contributed by atoms with van der Waals surface area (Å²) in [6.07, 6.45) is 2.38. The van der Waals surface area contributed by atoms with Crippen LogP contribution in [-0.2, 0) is 0 Å². The van der Waals surface area contributed by atoms with Crippen molar-refractivity contribution in [3.05, 3.63) is 6.20 Å². The number of aromatic nitrogens is 2.